The minimum absolute atomic E-state index is 0.0256. The molecular formula is C27H30N4O5. The lowest BCUT2D eigenvalue weighted by molar-refractivity contribution is -0.136. The Bertz CT molecular complexity index is 1260. The van der Waals surface area contributed by atoms with Gasteiger partial charge in [-0.3, -0.25) is 9.59 Å². The van der Waals surface area contributed by atoms with Crippen molar-refractivity contribution in [3.05, 3.63) is 59.5 Å². The van der Waals surface area contributed by atoms with E-state index in [1.54, 1.807) is 12.0 Å². The summed E-state index contributed by atoms with van der Waals surface area (Å²) >= 11 is 0. The second-order valence-corrected chi connectivity index (χ2v) is 9.12. The van der Waals surface area contributed by atoms with E-state index >= 15 is 0 Å². The molecule has 0 N–H and O–H groups in total. The highest BCUT2D eigenvalue weighted by Crippen LogP contribution is 2.34. The minimum atomic E-state index is -0.508. The zero-order chi connectivity index (χ0) is 25.2. The van der Waals surface area contributed by atoms with E-state index in [9.17, 15) is 9.59 Å². The number of fused-ring (bicyclic) bond motifs is 1. The number of likely N-dealkylation sites (tertiary alicyclic amines) is 1. The first-order chi connectivity index (χ1) is 17.5. The summed E-state index contributed by atoms with van der Waals surface area (Å²) in [7, 11) is 1.59. The minimum Gasteiger partial charge on any atom is -0.493 e. The Balaban J connectivity index is 1.20. The highest BCUT2D eigenvalue weighted by Gasteiger charge is 2.37. The van der Waals surface area contributed by atoms with Crippen molar-refractivity contribution in [3.63, 3.8) is 0 Å². The van der Waals surface area contributed by atoms with Crippen LogP contribution in [0.4, 0.5) is 0 Å². The zero-order valence-corrected chi connectivity index (χ0v) is 20.8. The summed E-state index contributed by atoms with van der Waals surface area (Å²) < 4.78 is 16.6. The molecule has 2 aliphatic rings. The van der Waals surface area contributed by atoms with Crippen molar-refractivity contribution in [1.82, 2.24) is 19.9 Å². The third kappa shape index (κ3) is 4.41. The van der Waals surface area contributed by atoms with Gasteiger partial charge >= 0.3 is 0 Å². The van der Waals surface area contributed by atoms with Crippen LogP contribution in [0.15, 0.2) is 47.0 Å². The fraction of sp³-hybridized carbons (Fsp3) is 0.407. The van der Waals surface area contributed by atoms with Crippen LogP contribution in [0.25, 0.3) is 11.4 Å². The second kappa shape index (κ2) is 10.0. The van der Waals surface area contributed by atoms with Crippen molar-refractivity contribution in [2.24, 2.45) is 0 Å². The Hall–Kier alpha value is -3.88. The maximum Gasteiger partial charge on any atom is 0.255 e. The molecule has 3 aromatic rings. The van der Waals surface area contributed by atoms with Gasteiger partial charge in [-0.25, -0.2) is 0 Å². The van der Waals surface area contributed by atoms with E-state index < -0.39 is 6.04 Å². The van der Waals surface area contributed by atoms with E-state index in [4.69, 9.17) is 14.0 Å². The molecule has 0 bridgehead atoms. The summed E-state index contributed by atoms with van der Waals surface area (Å²) in [6, 6.07) is 12.6. The van der Waals surface area contributed by atoms with Gasteiger partial charge in [0.2, 0.25) is 17.6 Å². The van der Waals surface area contributed by atoms with Crippen molar-refractivity contribution in [3.8, 4) is 22.9 Å². The van der Waals surface area contributed by atoms with E-state index in [0.717, 1.165) is 24.0 Å². The lowest BCUT2D eigenvalue weighted by Crippen LogP contribution is -2.49. The molecule has 0 radical (unpaired) electrons. The average molecular weight is 491 g/mol. The lowest BCUT2D eigenvalue weighted by Gasteiger charge is -2.34. The van der Waals surface area contributed by atoms with Crippen LogP contribution in [-0.2, 0) is 11.3 Å². The average Bonchev–Trinajstić information content (AvgIpc) is 3.54. The Morgan fingerprint density at radius 2 is 1.94 bits per heavy atom. The third-order valence-corrected chi connectivity index (χ3v) is 6.99. The number of carbonyl (C=O) groups is 2. The number of hydrogen-bond donors (Lipinski definition) is 0. The fourth-order valence-electron chi connectivity index (χ4n) is 4.93. The van der Waals surface area contributed by atoms with E-state index in [0.29, 0.717) is 55.0 Å². The van der Waals surface area contributed by atoms with Crippen LogP contribution in [0.2, 0.25) is 0 Å². The monoisotopic (exact) mass is 490 g/mol. The van der Waals surface area contributed by atoms with Gasteiger partial charge in [-0.1, -0.05) is 23.4 Å². The van der Waals surface area contributed by atoms with Gasteiger partial charge in [-0.2, -0.15) is 4.98 Å². The quantitative estimate of drug-likeness (QED) is 0.495. The molecule has 1 saturated heterocycles. The van der Waals surface area contributed by atoms with Crippen LogP contribution in [0.1, 0.15) is 54.4 Å². The predicted octanol–water partition coefficient (Wildman–Crippen LogP) is 3.89. The molecule has 9 nitrogen and oxygen atoms in total. The molecule has 3 heterocycles. The molecule has 2 aliphatic heterocycles. The second-order valence-electron chi connectivity index (χ2n) is 9.12. The Morgan fingerprint density at radius 1 is 1.17 bits per heavy atom. The van der Waals surface area contributed by atoms with Crippen molar-refractivity contribution >= 4 is 11.8 Å². The number of methoxy groups -OCH3 is 1. The maximum atomic E-state index is 13.2. The van der Waals surface area contributed by atoms with E-state index in [2.05, 4.69) is 10.1 Å². The number of ether oxygens (including phenoxy) is 2. The van der Waals surface area contributed by atoms with Crippen molar-refractivity contribution in [2.75, 3.05) is 26.8 Å². The predicted molar refractivity (Wildman–Crippen MR) is 132 cm³/mol. The maximum absolute atomic E-state index is 13.2. The SMILES string of the molecule is CCOc1ccc(-c2noc(C3CCN(C(=O)C(C)N4Cc5ccccc5C4=O)CC3)n2)cc1OC. The van der Waals surface area contributed by atoms with Gasteiger partial charge in [-0.05, 0) is 56.5 Å². The van der Waals surface area contributed by atoms with Crippen LogP contribution in [0.5, 0.6) is 11.5 Å². The molecule has 5 rings (SSSR count). The first-order valence-corrected chi connectivity index (χ1v) is 12.3. The molecule has 2 aromatic carbocycles. The molecule has 1 unspecified atom stereocenters. The van der Waals surface area contributed by atoms with Gasteiger partial charge in [0.05, 0.1) is 13.7 Å². The van der Waals surface area contributed by atoms with Gasteiger partial charge < -0.3 is 23.8 Å². The highest BCUT2D eigenvalue weighted by molar-refractivity contribution is 6.01. The molecule has 36 heavy (non-hydrogen) atoms. The molecule has 0 spiro atoms. The number of amides is 2. The molecule has 1 atom stereocenters. The van der Waals surface area contributed by atoms with Gasteiger partial charge in [0.15, 0.2) is 11.5 Å². The molecule has 188 valence electrons. The first kappa shape index (κ1) is 23.8. The van der Waals surface area contributed by atoms with Gasteiger partial charge in [0.25, 0.3) is 5.91 Å². The molecule has 2 amide bonds. The number of nitrogens with zero attached hydrogens (tertiary/aromatic N) is 4. The number of hydrogen-bond acceptors (Lipinski definition) is 7. The van der Waals surface area contributed by atoms with Crippen LogP contribution in [0, 0.1) is 0 Å². The van der Waals surface area contributed by atoms with E-state index in [1.165, 1.54) is 0 Å². The Kier molecular flexibility index (Phi) is 6.63. The summed E-state index contributed by atoms with van der Waals surface area (Å²) in [4.78, 5) is 34.1. The summed E-state index contributed by atoms with van der Waals surface area (Å²) in [6.07, 6.45) is 1.45. The molecule has 0 aliphatic carbocycles. The van der Waals surface area contributed by atoms with Crippen LogP contribution < -0.4 is 9.47 Å². The van der Waals surface area contributed by atoms with Gasteiger partial charge in [-0.15, -0.1) is 0 Å². The topological polar surface area (TPSA) is 98.0 Å². The largest absolute Gasteiger partial charge is 0.493 e. The number of rotatable bonds is 7. The van der Waals surface area contributed by atoms with Crippen molar-refractivity contribution < 1.29 is 23.6 Å². The van der Waals surface area contributed by atoms with Gasteiger partial charge in [0.1, 0.15) is 6.04 Å². The third-order valence-electron chi connectivity index (χ3n) is 6.99. The molecule has 0 saturated carbocycles. The number of piperidine rings is 1. The molecule has 1 fully saturated rings. The fourth-order valence-corrected chi connectivity index (χ4v) is 4.93. The summed E-state index contributed by atoms with van der Waals surface area (Å²) in [6.45, 7) is 5.91. The zero-order valence-electron chi connectivity index (χ0n) is 20.8. The summed E-state index contributed by atoms with van der Waals surface area (Å²) in [5.41, 5.74) is 2.44. The summed E-state index contributed by atoms with van der Waals surface area (Å²) in [5.74, 6) is 2.31. The van der Waals surface area contributed by atoms with Crippen LogP contribution >= 0.6 is 0 Å². The van der Waals surface area contributed by atoms with Crippen LogP contribution in [0.3, 0.4) is 0 Å². The standard InChI is InChI=1S/C27H30N4O5/c1-4-35-22-10-9-19(15-23(22)34-3)24-28-25(36-29-24)18-11-13-30(14-12-18)26(32)17(2)31-16-20-7-5-6-8-21(20)27(31)33/h5-10,15,17-18H,4,11-14,16H2,1-3H3. The summed E-state index contributed by atoms with van der Waals surface area (Å²) in [5, 5.41) is 4.17. The van der Waals surface area contributed by atoms with Crippen molar-refractivity contribution in [2.45, 2.75) is 45.2 Å². The molecule has 1 aromatic heterocycles. The van der Waals surface area contributed by atoms with E-state index in [-0.39, 0.29) is 17.7 Å². The lowest BCUT2D eigenvalue weighted by atomic mass is 9.96. The molecular weight excluding hydrogens is 460 g/mol. The first-order valence-electron chi connectivity index (χ1n) is 12.3. The number of benzene rings is 2. The number of aromatic nitrogens is 2. The van der Waals surface area contributed by atoms with Crippen LogP contribution in [-0.4, -0.2) is 64.6 Å². The Labute approximate surface area is 210 Å². The Morgan fingerprint density at radius 3 is 2.67 bits per heavy atom. The highest BCUT2D eigenvalue weighted by atomic mass is 16.5. The van der Waals surface area contributed by atoms with Crippen molar-refractivity contribution in [1.29, 1.82) is 0 Å². The number of carbonyl (C=O) groups excluding carboxylic acids is 2. The molecule has 9 heteroatoms. The van der Waals surface area contributed by atoms with Gasteiger partial charge in [0, 0.05) is 36.7 Å². The normalized spacial score (nSPS) is 16.7. The van der Waals surface area contributed by atoms with E-state index in [1.807, 2.05) is 61.2 Å². The smallest absolute Gasteiger partial charge is 0.255 e.